The summed E-state index contributed by atoms with van der Waals surface area (Å²) in [6.07, 6.45) is -0.997. The summed E-state index contributed by atoms with van der Waals surface area (Å²) in [4.78, 5) is 12.4. The number of carbonyl (C=O) groups is 1. The van der Waals surface area contributed by atoms with E-state index in [-0.39, 0.29) is 36.2 Å². The van der Waals surface area contributed by atoms with Crippen LogP contribution < -0.4 is 29.0 Å². The van der Waals surface area contributed by atoms with Crippen LogP contribution in [0, 0.1) is 0 Å². The average molecular weight is 481 g/mol. The average Bonchev–Trinajstić information content (AvgIpc) is 3.21. The lowest BCUT2D eigenvalue weighted by Crippen LogP contribution is -2.40. The Morgan fingerprint density at radius 3 is 2.58 bits per heavy atom. The third-order valence-corrected chi connectivity index (χ3v) is 6.22. The van der Waals surface area contributed by atoms with E-state index in [1.807, 2.05) is 0 Å². The Labute approximate surface area is 192 Å². The van der Waals surface area contributed by atoms with Crippen LogP contribution in [-0.2, 0) is 10.0 Å². The van der Waals surface area contributed by atoms with Crippen molar-refractivity contribution in [1.82, 2.24) is 10.0 Å². The van der Waals surface area contributed by atoms with Gasteiger partial charge in [0.2, 0.25) is 16.8 Å². The fourth-order valence-corrected chi connectivity index (χ4v) is 4.63. The molecule has 0 radical (unpaired) electrons. The molecule has 0 bridgehead atoms. The first-order valence-corrected chi connectivity index (χ1v) is 11.7. The minimum absolute atomic E-state index is 0.0718. The molecule has 11 heteroatoms. The number of sulfonamides is 1. The van der Waals surface area contributed by atoms with E-state index in [9.17, 15) is 18.3 Å². The minimum atomic E-state index is -3.94. The topological polar surface area (TPSA) is 132 Å². The molecular formula is C22H28N2O8S. The molecule has 1 unspecified atom stereocenters. The Morgan fingerprint density at radius 1 is 1.15 bits per heavy atom. The third kappa shape index (κ3) is 6.50. The van der Waals surface area contributed by atoms with Crippen LogP contribution in [0.1, 0.15) is 31.1 Å². The van der Waals surface area contributed by atoms with Gasteiger partial charge in [0.1, 0.15) is 29.1 Å². The molecule has 0 spiro atoms. The highest BCUT2D eigenvalue weighted by Crippen LogP contribution is 2.35. The summed E-state index contributed by atoms with van der Waals surface area (Å²) >= 11 is 0. The second kappa shape index (κ2) is 9.86. The maximum absolute atomic E-state index is 12.8. The van der Waals surface area contributed by atoms with Gasteiger partial charge in [-0.25, -0.2) is 13.1 Å². The van der Waals surface area contributed by atoms with Crippen molar-refractivity contribution in [2.24, 2.45) is 0 Å². The molecule has 0 saturated carbocycles. The SMILES string of the molecule is COc1ccc(C(=O)NCC(O)COc2ccc3c(c2)OCO3)cc1S(=O)(=O)NC(C)(C)C. The van der Waals surface area contributed by atoms with Gasteiger partial charge in [0.25, 0.3) is 5.91 Å². The van der Waals surface area contributed by atoms with Crippen molar-refractivity contribution in [3.05, 3.63) is 42.0 Å². The molecule has 1 aliphatic rings. The molecule has 2 aromatic carbocycles. The number of nitrogens with one attached hydrogen (secondary N) is 2. The third-order valence-electron chi connectivity index (χ3n) is 4.44. The second-order valence-electron chi connectivity index (χ2n) is 8.41. The molecule has 0 fully saturated rings. The van der Waals surface area contributed by atoms with E-state index in [1.54, 1.807) is 39.0 Å². The Balaban J connectivity index is 1.60. The van der Waals surface area contributed by atoms with Crippen molar-refractivity contribution in [1.29, 1.82) is 0 Å². The first-order chi connectivity index (χ1) is 15.5. The van der Waals surface area contributed by atoms with Crippen LogP contribution in [0.3, 0.4) is 0 Å². The summed E-state index contributed by atoms with van der Waals surface area (Å²) < 4.78 is 49.3. The lowest BCUT2D eigenvalue weighted by molar-refractivity contribution is 0.0843. The Kier molecular flexibility index (Phi) is 7.35. The molecule has 33 heavy (non-hydrogen) atoms. The molecule has 180 valence electrons. The number of benzene rings is 2. The number of aliphatic hydroxyl groups is 1. The molecule has 0 aliphatic carbocycles. The molecule has 0 aromatic heterocycles. The smallest absolute Gasteiger partial charge is 0.251 e. The number of rotatable bonds is 9. The summed E-state index contributed by atoms with van der Waals surface area (Å²) in [6, 6.07) is 9.13. The first kappa shape index (κ1) is 24.6. The lowest BCUT2D eigenvalue weighted by atomic mass is 10.1. The van der Waals surface area contributed by atoms with E-state index in [1.165, 1.54) is 25.3 Å². The molecule has 1 atom stereocenters. The molecule has 10 nitrogen and oxygen atoms in total. The van der Waals surface area contributed by atoms with E-state index < -0.39 is 27.6 Å². The first-order valence-electron chi connectivity index (χ1n) is 10.2. The lowest BCUT2D eigenvalue weighted by Gasteiger charge is -2.21. The Hall–Kier alpha value is -3.02. The van der Waals surface area contributed by atoms with Gasteiger partial charge in [0, 0.05) is 23.7 Å². The number of amides is 1. The van der Waals surface area contributed by atoms with Crippen molar-refractivity contribution in [2.75, 3.05) is 27.1 Å². The van der Waals surface area contributed by atoms with E-state index >= 15 is 0 Å². The molecular weight excluding hydrogens is 452 g/mol. The van der Waals surface area contributed by atoms with Gasteiger partial charge in [-0.3, -0.25) is 4.79 Å². The number of fused-ring (bicyclic) bond motifs is 1. The number of hydrogen-bond acceptors (Lipinski definition) is 8. The maximum Gasteiger partial charge on any atom is 0.251 e. The minimum Gasteiger partial charge on any atom is -0.495 e. The standard InChI is InChI=1S/C22H28N2O8S/c1-22(2,3)24-33(27,28)20-9-14(5-7-18(20)29-4)21(26)23-11-15(25)12-30-16-6-8-17-19(10-16)32-13-31-17/h5-10,15,24-25H,11-13H2,1-4H3,(H,23,26). The van der Waals surface area contributed by atoms with E-state index in [0.717, 1.165) is 0 Å². The highest BCUT2D eigenvalue weighted by atomic mass is 32.2. The molecule has 0 saturated heterocycles. The van der Waals surface area contributed by atoms with Gasteiger partial charge < -0.3 is 29.4 Å². The summed E-state index contributed by atoms with van der Waals surface area (Å²) in [6.45, 7) is 5.10. The van der Waals surface area contributed by atoms with Gasteiger partial charge in [-0.05, 0) is 51.1 Å². The quantitative estimate of drug-likeness (QED) is 0.494. The summed E-state index contributed by atoms with van der Waals surface area (Å²) in [5.41, 5.74) is -0.613. The predicted molar refractivity (Wildman–Crippen MR) is 119 cm³/mol. The zero-order valence-corrected chi connectivity index (χ0v) is 19.7. The zero-order valence-electron chi connectivity index (χ0n) is 18.9. The van der Waals surface area contributed by atoms with Crippen LogP contribution in [0.25, 0.3) is 0 Å². The highest BCUT2D eigenvalue weighted by Gasteiger charge is 2.26. The predicted octanol–water partition coefficient (Wildman–Crippen LogP) is 1.67. The molecule has 3 rings (SSSR count). The van der Waals surface area contributed by atoms with Crippen LogP contribution in [0.5, 0.6) is 23.0 Å². The van der Waals surface area contributed by atoms with E-state index in [0.29, 0.717) is 17.2 Å². The Bertz CT molecular complexity index is 1110. The fraction of sp³-hybridized carbons (Fsp3) is 0.409. The molecule has 1 aliphatic heterocycles. The van der Waals surface area contributed by atoms with Crippen LogP contribution >= 0.6 is 0 Å². The van der Waals surface area contributed by atoms with Gasteiger partial charge in [0.05, 0.1) is 7.11 Å². The van der Waals surface area contributed by atoms with Crippen LogP contribution in [0.2, 0.25) is 0 Å². The van der Waals surface area contributed by atoms with Crippen molar-refractivity contribution in [3.63, 3.8) is 0 Å². The van der Waals surface area contributed by atoms with Crippen LogP contribution in [-0.4, -0.2) is 58.1 Å². The summed E-state index contributed by atoms with van der Waals surface area (Å²) in [7, 11) is -2.59. The highest BCUT2D eigenvalue weighted by molar-refractivity contribution is 7.89. The molecule has 1 amide bonds. The van der Waals surface area contributed by atoms with Gasteiger partial charge in [-0.1, -0.05) is 0 Å². The number of aliphatic hydroxyl groups excluding tert-OH is 1. The largest absolute Gasteiger partial charge is 0.495 e. The second-order valence-corrected chi connectivity index (χ2v) is 10.1. The van der Waals surface area contributed by atoms with Crippen LogP contribution in [0.4, 0.5) is 0 Å². The monoisotopic (exact) mass is 480 g/mol. The summed E-state index contributed by atoms with van der Waals surface area (Å²) in [5.74, 6) is 1.23. The number of ether oxygens (including phenoxy) is 4. The van der Waals surface area contributed by atoms with Crippen molar-refractivity contribution in [2.45, 2.75) is 37.3 Å². The summed E-state index contributed by atoms with van der Waals surface area (Å²) in [5, 5.41) is 12.7. The number of carbonyl (C=O) groups excluding carboxylic acids is 1. The number of methoxy groups -OCH3 is 1. The normalized spacial score (nSPS) is 14.0. The molecule has 1 heterocycles. The Morgan fingerprint density at radius 2 is 1.88 bits per heavy atom. The fourth-order valence-electron chi connectivity index (χ4n) is 3.02. The molecule has 3 N–H and O–H groups in total. The van der Waals surface area contributed by atoms with E-state index in [4.69, 9.17) is 18.9 Å². The van der Waals surface area contributed by atoms with Crippen molar-refractivity contribution in [3.8, 4) is 23.0 Å². The van der Waals surface area contributed by atoms with Gasteiger partial charge in [-0.15, -0.1) is 0 Å². The van der Waals surface area contributed by atoms with Gasteiger partial charge >= 0.3 is 0 Å². The van der Waals surface area contributed by atoms with Crippen molar-refractivity contribution < 1.29 is 37.3 Å². The molecule has 2 aromatic rings. The number of hydrogen-bond donors (Lipinski definition) is 3. The maximum atomic E-state index is 12.8. The van der Waals surface area contributed by atoms with E-state index in [2.05, 4.69) is 10.0 Å². The van der Waals surface area contributed by atoms with Crippen molar-refractivity contribution >= 4 is 15.9 Å². The van der Waals surface area contributed by atoms with Gasteiger partial charge in [0.15, 0.2) is 11.5 Å². The zero-order chi connectivity index (χ0) is 24.2. The van der Waals surface area contributed by atoms with Gasteiger partial charge in [-0.2, -0.15) is 0 Å². The van der Waals surface area contributed by atoms with Crippen LogP contribution in [0.15, 0.2) is 41.3 Å².